The highest BCUT2D eigenvalue weighted by Crippen LogP contribution is 2.26. The fourth-order valence-corrected chi connectivity index (χ4v) is 2.48. The number of rotatable bonds is 4. The van der Waals surface area contributed by atoms with E-state index >= 15 is 0 Å². The number of hydrogen-bond acceptors (Lipinski definition) is 4. The molecule has 1 saturated heterocycles. The molecule has 0 N–H and O–H groups in total. The van der Waals surface area contributed by atoms with Gasteiger partial charge < -0.3 is 19.4 Å². The van der Waals surface area contributed by atoms with Crippen molar-refractivity contribution in [3.05, 3.63) is 0 Å². The van der Waals surface area contributed by atoms with Gasteiger partial charge in [-0.05, 0) is 19.8 Å². The average Bonchev–Trinajstić information content (AvgIpc) is 3.29. The van der Waals surface area contributed by atoms with Gasteiger partial charge in [0.1, 0.15) is 0 Å². The summed E-state index contributed by atoms with van der Waals surface area (Å²) < 4.78 is 4.94. The van der Waals surface area contributed by atoms with Gasteiger partial charge in [0.2, 0.25) is 11.8 Å². The van der Waals surface area contributed by atoms with Gasteiger partial charge in [0.05, 0.1) is 13.2 Å². The van der Waals surface area contributed by atoms with Crippen LogP contribution in [0, 0.1) is 0 Å². The first-order valence-corrected chi connectivity index (χ1v) is 7.49. The maximum atomic E-state index is 12.2. The van der Waals surface area contributed by atoms with Crippen molar-refractivity contribution >= 4 is 17.9 Å². The Morgan fingerprint density at radius 2 is 1.67 bits per heavy atom. The molecule has 2 fully saturated rings. The zero-order valence-corrected chi connectivity index (χ0v) is 12.7. The van der Waals surface area contributed by atoms with Crippen molar-refractivity contribution in [1.82, 2.24) is 14.7 Å². The van der Waals surface area contributed by atoms with Gasteiger partial charge in [-0.2, -0.15) is 0 Å². The van der Waals surface area contributed by atoms with E-state index in [2.05, 4.69) is 0 Å². The van der Waals surface area contributed by atoms with E-state index in [0.29, 0.717) is 32.8 Å². The molecule has 1 aliphatic heterocycles. The van der Waals surface area contributed by atoms with E-state index in [1.807, 2.05) is 0 Å². The lowest BCUT2D eigenvalue weighted by atomic mass is 10.3. The minimum Gasteiger partial charge on any atom is -0.450 e. The summed E-state index contributed by atoms with van der Waals surface area (Å²) in [5, 5.41) is 0. The van der Waals surface area contributed by atoms with Gasteiger partial charge in [-0.15, -0.1) is 0 Å². The SMILES string of the molecule is CCOC(=O)N1CCN(C(=O)CN(C(C)=O)C2CC2)CC1. The van der Waals surface area contributed by atoms with Crippen molar-refractivity contribution in [3.8, 4) is 0 Å². The first kappa shape index (κ1) is 15.6. The fraction of sp³-hybridized carbons (Fsp3) is 0.786. The Morgan fingerprint density at radius 1 is 1.10 bits per heavy atom. The fourth-order valence-electron chi connectivity index (χ4n) is 2.48. The van der Waals surface area contributed by atoms with Crippen LogP contribution in [-0.4, -0.2) is 78.0 Å². The summed E-state index contributed by atoms with van der Waals surface area (Å²) in [6.07, 6.45) is 1.65. The molecule has 7 heteroatoms. The van der Waals surface area contributed by atoms with E-state index in [1.54, 1.807) is 21.6 Å². The third-order valence-electron chi connectivity index (χ3n) is 3.86. The van der Waals surface area contributed by atoms with Crippen LogP contribution in [0.2, 0.25) is 0 Å². The second-order valence-electron chi connectivity index (χ2n) is 5.44. The van der Waals surface area contributed by atoms with Crippen LogP contribution in [0.3, 0.4) is 0 Å². The average molecular weight is 297 g/mol. The molecule has 1 heterocycles. The van der Waals surface area contributed by atoms with Crippen LogP contribution < -0.4 is 0 Å². The number of hydrogen-bond donors (Lipinski definition) is 0. The molecule has 21 heavy (non-hydrogen) atoms. The Balaban J connectivity index is 1.80. The molecule has 7 nitrogen and oxygen atoms in total. The minimum absolute atomic E-state index is 0.0411. The summed E-state index contributed by atoms with van der Waals surface area (Å²) in [4.78, 5) is 40.4. The summed E-state index contributed by atoms with van der Waals surface area (Å²) in [6.45, 7) is 5.73. The predicted molar refractivity (Wildman–Crippen MR) is 75.6 cm³/mol. The second kappa shape index (κ2) is 6.78. The summed E-state index contributed by atoms with van der Waals surface area (Å²) >= 11 is 0. The summed E-state index contributed by atoms with van der Waals surface area (Å²) in [6, 6.07) is 0.243. The molecule has 0 bridgehead atoms. The van der Waals surface area contributed by atoms with Crippen LogP contribution >= 0.6 is 0 Å². The van der Waals surface area contributed by atoms with E-state index in [4.69, 9.17) is 4.74 Å². The van der Waals surface area contributed by atoms with E-state index in [1.165, 1.54) is 6.92 Å². The highest BCUT2D eigenvalue weighted by Gasteiger charge is 2.34. The topological polar surface area (TPSA) is 70.2 Å². The van der Waals surface area contributed by atoms with E-state index in [9.17, 15) is 14.4 Å². The van der Waals surface area contributed by atoms with Crippen molar-refractivity contribution in [2.24, 2.45) is 0 Å². The van der Waals surface area contributed by atoms with Gasteiger partial charge in [0.15, 0.2) is 0 Å². The number of amides is 3. The third-order valence-corrected chi connectivity index (χ3v) is 3.86. The number of nitrogens with zero attached hydrogens (tertiary/aromatic N) is 3. The summed E-state index contributed by atoms with van der Waals surface area (Å²) in [5.41, 5.74) is 0. The van der Waals surface area contributed by atoms with Crippen LogP contribution in [0.1, 0.15) is 26.7 Å². The number of piperazine rings is 1. The molecule has 1 saturated carbocycles. The molecule has 118 valence electrons. The van der Waals surface area contributed by atoms with Gasteiger partial charge in [0.25, 0.3) is 0 Å². The third kappa shape index (κ3) is 4.09. The van der Waals surface area contributed by atoms with Gasteiger partial charge in [-0.25, -0.2) is 4.79 Å². The van der Waals surface area contributed by atoms with Crippen molar-refractivity contribution < 1.29 is 19.1 Å². The zero-order chi connectivity index (χ0) is 15.4. The van der Waals surface area contributed by atoms with Crippen LogP contribution in [0.5, 0.6) is 0 Å². The Morgan fingerprint density at radius 3 is 2.14 bits per heavy atom. The van der Waals surface area contributed by atoms with Crippen LogP contribution in [-0.2, 0) is 14.3 Å². The molecule has 0 spiro atoms. The minimum atomic E-state index is -0.326. The normalized spacial score (nSPS) is 18.4. The Labute approximate surface area is 124 Å². The number of ether oxygens (including phenoxy) is 1. The lowest BCUT2D eigenvalue weighted by Crippen LogP contribution is -2.53. The first-order valence-electron chi connectivity index (χ1n) is 7.49. The van der Waals surface area contributed by atoms with E-state index < -0.39 is 0 Å². The van der Waals surface area contributed by atoms with E-state index in [-0.39, 0.29) is 30.5 Å². The van der Waals surface area contributed by atoms with Gasteiger partial charge in [-0.3, -0.25) is 9.59 Å². The quantitative estimate of drug-likeness (QED) is 0.748. The molecule has 0 aromatic rings. The summed E-state index contributed by atoms with van der Waals surface area (Å²) in [5.74, 6) is -0.0865. The molecule has 0 radical (unpaired) electrons. The highest BCUT2D eigenvalue weighted by atomic mass is 16.6. The zero-order valence-electron chi connectivity index (χ0n) is 12.7. The highest BCUT2D eigenvalue weighted by molar-refractivity contribution is 5.84. The van der Waals surface area contributed by atoms with Crippen molar-refractivity contribution in [2.45, 2.75) is 32.7 Å². The van der Waals surface area contributed by atoms with Crippen LogP contribution in [0.15, 0.2) is 0 Å². The lowest BCUT2D eigenvalue weighted by molar-refractivity contribution is -0.140. The van der Waals surface area contributed by atoms with Crippen molar-refractivity contribution in [1.29, 1.82) is 0 Å². The largest absolute Gasteiger partial charge is 0.450 e. The molecule has 0 atom stereocenters. The summed E-state index contributed by atoms with van der Waals surface area (Å²) in [7, 11) is 0. The Kier molecular flexibility index (Phi) is 5.03. The van der Waals surface area contributed by atoms with E-state index in [0.717, 1.165) is 12.8 Å². The Hall–Kier alpha value is -1.79. The maximum Gasteiger partial charge on any atom is 0.409 e. The standard InChI is InChI=1S/C14H23N3O4/c1-3-21-14(20)16-8-6-15(7-9-16)13(19)10-17(11(2)18)12-4-5-12/h12H,3-10H2,1-2H3. The molecule has 0 aromatic heterocycles. The monoisotopic (exact) mass is 297 g/mol. The molecular formula is C14H23N3O4. The molecule has 2 rings (SSSR count). The lowest BCUT2D eigenvalue weighted by Gasteiger charge is -2.35. The maximum absolute atomic E-state index is 12.2. The first-order chi connectivity index (χ1) is 10.0. The molecule has 0 aromatic carbocycles. The van der Waals surface area contributed by atoms with Crippen LogP contribution in [0.25, 0.3) is 0 Å². The van der Waals surface area contributed by atoms with Crippen molar-refractivity contribution in [3.63, 3.8) is 0 Å². The number of carbonyl (C=O) groups excluding carboxylic acids is 3. The second-order valence-corrected chi connectivity index (χ2v) is 5.44. The molecule has 2 aliphatic rings. The van der Waals surface area contributed by atoms with Gasteiger partial charge >= 0.3 is 6.09 Å². The Bertz CT molecular complexity index is 414. The van der Waals surface area contributed by atoms with Crippen LogP contribution in [0.4, 0.5) is 4.79 Å². The molecule has 1 aliphatic carbocycles. The van der Waals surface area contributed by atoms with Gasteiger partial charge in [-0.1, -0.05) is 0 Å². The molecular weight excluding hydrogens is 274 g/mol. The smallest absolute Gasteiger partial charge is 0.409 e. The molecule has 0 unspecified atom stereocenters. The van der Waals surface area contributed by atoms with Gasteiger partial charge in [0, 0.05) is 39.1 Å². The predicted octanol–water partition coefficient (Wildman–Crippen LogP) is 0.298. The number of carbonyl (C=O) groups is 3. The van der Waals surface area contributed by atoms with Crippen molar-refractivity contribution in [2.75, 3.05) is 39.3 Å². The molecule has 3 amide bonds.